The zero-order valence-corrected chi connectivity index (χ0v) is 11.5. The highest BCUT2D eigenvalue weighted by Crippen LogP contribution is 2.49. The Morgan fingerprint density at radius 3 is 3.00 bits per heavy atom. The highest BCUT2D eigenvalue weighted by Gasteiger charge is 2.48. The number of thioether (sulfide) groups is 1. The van der Waals surface area contributed by atoms with Gasteiger partial charge in [-0.05, 0) is 37.3 Å². The molecule has 2 heterocycles. The van der Waals surface area contributed by atoms with Crippen LogP contribution in [0.1, 0.15) is 31.4 Å². The lowest BCUT2D eigenvalue weighted by Gasteiger charge is -2.40. The van der Waals surface area contributed by atoms with E-state index in [1.54, 1.807) is 7.11 Å². The van der Waals surface area contributed by atoms with Gasteiger partial charge in [0.1, 0.15) is 17.1 Å². The summed E-state index contributed by atoms with van der Waals surface area (Å²) in [7, 11) is 1.63. The van der Waals surface area contributed by atoms with E-state index in [-0.39, 0.29) is 5.60 Å². The Labute approximate surface area is 111 Å². The molecule has 3 nitrogen and oxygen atoms in total. The van der Waals surface area contributed by atoms with Gasteiger partial charge < -0.3 is 14.6 Å². The summed E-state index contributed by atoms with van der Waals surface area (Å²) in [5.74, 6) is 2.68. The molecule has 18 heavy (non-hydrogen) atoms. The van der Waals surface area contributed by atoms with Gasteiger partial charge in [0.05, 0.1) is 13.2 Å². The van der Waals surface area contributed by atoms with Crippen LogP contribution in [0.4, 0.5) is 0 Å². The fourth-order valence-electron chi connectivity index (χ4n) is 2.87. The standard InChI is InChI=1S/C14H18O3S/c1-9-14(5-6-18-9)8-12(15)11-7-10(16-2)3-4-13(11)17-14/h3-4,7,9,12,15H,5-6,8H2,1-2H3/t9?,12-,14?/m1/s1. The van der Waals surface area contributed by atoms with Gasteiger partial charge in [-0.15, -0.1) is 0 Å². The molecule has 2 aliphatic heterocycles. The number of benzene rings is 1. The van der Waals surface area contributed by atoms with Gasteiger partial charge in [-0.2, -0.15) is 11.8 Å². The second-order valence-corrected chi connectivity index (χ2v) is 6.50. The quantitative estimate of drug-likeness (QED) is 0.848. The van der Waals surface area contributed by atoms with Gasteiger partial charge in [0, 0.05) is 17.2 Å². The predicted molar refractivity (Wildman–Crippen MR) is 72.5 cm³/mol. The molecule has 1 saturated heterocycles. The molecule has 1 aromatic rings. The second kappa shape index (κ2) is 4.35. The summed E-state index contributed by atoms with van der Waals surface area (Å²) in [6.45, 7) is 2.19. The number of fused-ring (bicyclic) bond motifs is 1. The van der Waals surface area contributed by atoms with Crippen molar-refractivity contribution in [3.8, 4) is 11.5 Å². The van der Waals surface area contributed by atoms with Crippen LogP contribution < -0.4 is 9.47 Å². The van der Waals surface area contributed by atoms with Crippen molar-refractivity contribution in [1.82, 2.24) is 0 Å². The maximum absolute atomic E-state index is 10.4. The van der Waals surface area contributed by atoms with Gasteiger partial charge in [0.25, 0.3) is 0 Å². The van der Waals surface area contributed by atoms with E-state index in [9.17, 15) is 5.11 Å². The first kappa shape index (κ1) is 12.2. The first-order valence-corrected chi connectivity index (χ1v) is 7.36. The van der Waals surface area contributed by atoms with E-state index in [1.165, 1.54) is 0 Å². The molecule has 3 atom stereocenters. The Kier molecular flexibility index (Phi) is 2.94. The minimum Gasteiger partial charge on any atom is -0.497 e. The number of aliphatic hydroxyl groups is 1. The Bertz CT molecular complexity index is 462. The lowest BCUT2D eigenvalue weighted by molar-refractivity contribution is -0.0104. The van der Waals surface area contributed by atoms with Crippen molar-refractivity contribution in [2.75, 3.05) is 12.9 Å². The highest BCUT2D eigenvalue weighted by molar-refractivity contribution is 8.00. The zero-order chi connectivity index (χ0) is 12.8. The van der Waals surface area contributed by atoms with Gasteiger partial charge in [-0.1, -0.05) is 0 Å². The molecule has 2 unspecified atom stereocenters. The van der Waals surface area contributed by atoms with Gasteiger partial charge in [0.2, 0.25) is 0 Å². The Hall–Kier alpha value is -0.870. The molecular weight excluding hydrogens is 248 g/mol. The molecule has 1 N–H and O–H groups in total. The van der Waals surface area contributed by atoms with Crippen LogP contribution in [0.5, 0.6) is 11.5 Å². The molecule has 0 bridgehead atoms. The highest BCUT2D eigenvalue weighted by atomic mass is 32.2. The van der Waals surface area contributed by atoms with Crippen LogP contribution in [0, 0.1) is 0 Å². The second-order valence-electron chi connectivity index (χ2n) is 5.05. The average molecular weight is 266 g/mol. The molecule has 1 fully saturated rings. The third-order valence-electron chi connectivity index (χ3n) is 4.06. The van der Waals surface area contributed by atoms with Crippen molar-refractivity contribution >= 4 is 11.8 Å². The summed E-state index contributed by atoms with van der Waals surface area (Å²) >= 11 is 1.93. The minimum atomic E-state index is -0.454. The normalized spacial score (nSPS) is 34.2. The van der Waals surface area contributed by atoms with E-state index in [2.05, 4.69) is 6.92 Å². The Morgan fingerprint density at radius 2 is 2.33 bits per heavy atom. The molecule has 0 radical (unpaired) electrons. The molecule has 1 aromatic carbocycles. The molecule has 2 aliphatic rings. The number of hydrogen-bond acceptors (Lipinski definition) is 4. The number of hydrogen-bond donors (Lipinski definition) is 1. The van der Waals surface area contributed by atoms with Crippen LogP contribution in [0.15, 0.2) is 18.2 Å². The lowest BCUT2D eigenvalue weighted by atomic mass is 9.85. The molecule has 0 aliphatic carbocycles. The Balaban J connectivity index is 1.98. The first-order chi connectivity index (χ1) is 8.64. The molecule has 98 valence electrons. The van der Waals surface area contributed by atoms with Crippen molar-refractivity contribution in [3.63, 3.8) is 0 Å². The largest absolute Gasteiger partial charge is 0.497 e. The summed E-state index contributed by atoms with van der Waals surface area (Å²) < 4.78 is 11.4. The van der Waals surface area contributed by atoms with Gasteiger partial charge >= 0.3 is 0 Å². The zero-order valence-electron chi connectivity index (χ0n) is 10.7. The fraction of sp³-hybridized carbons (Fsp3) is 0.571. The monoisotopic (exact) mass is 266 g/mol. The van der Waals surface area contributed by atoms with Crippen molar-refractivity contribution in [2.45, 2.75) is 36.7 Å². The third kappa shape index (κ3) is 1.79. The minimum absolute atomic E-state index is 0.189. The molecule has 1 spiro atoms. The fourth-order valence-corrected chi connectivity index (χ4v) is 4.25. The first-order valence-electron chi connectivity index (χ1n) is 6.31. The summed E-state index contributed by atoms with van der Waals surface area (Å²) in [5, 5.41) is 10.8. The van der Waals surface area contributed by atoms with Crippen LogP contribution in [-0.2, 0) is 0 Å². The van der Waals surface area contributed by atoms with Gasteiger partial charge in [0.15, 0.2) is 0 Å². The predicted octanol–water partition coefficient (Wildman–Crippen LogP) is 2.78. The SMILES string of the molecule is COc1ccc2c(c1)[C@H](O)CC1(CCSC1C)O2. The number of methoxy groups -OCH3 is 1. The summed E-state index contributed by atoms with van der Waals surface area (Å²) in [5.41, 5.74) is 0.662. The topological polar surface area (TPSA) is 38.7 Å². The van der Waals surface area contributed by atoms with E-state index in [1.807, 2.05) is 30.0 Å². The molecular formula is C14H18O3S. The molecule has 0 amide bonds. The van der Waals surface area contributed by atoms with Crippen molar-refractivity contribution < 1.29 is 14.6 Å². The van der Waals surface area contributed by atoms with E-state index in [0.29, 0.717) is 11.7 Å². The van der Waals surface area contributed by atoms with Crippen molar-refractivity contribution in [2.24, 2.45) is 0 Å². The van der Waals surface area contributed by atoms with Crippen LogP contribution in [-0.4, -0.2) is 28.8 Å². The smallest absolute Gasteiger partial charge is 0.126 e. The summed E-state index contributed by atoms with van der Waals surface area (Å²) in [6.07, 6.45) is 1.24. The number of aliphatic hydroxyl groups excluding tert-OH is 1. The lowest BCUT2D eigenvalue weighted by Crippen LogP contribution is -2.45. The summed E-state index contributed by atoms with van der Waals surface area (Å²) in [4.78, 5) is 0. The van der Waals surface area contributed by atoms with Crippen LogP contribution >= 0.6 is 11.8 Å². The van der Waals surface area contributed by atoms with Crippen molar-refractivity contribution in [3.05, 3.63) is 23.8 Å². The molecule has 4 heteroatoms. The third-order valence-corrected chi connectivity index (χ3v) is 5.43. The van der Waals surface area contributed by atoms with Crippen LogP contribution in [0.2, 0.25) is 0 Å². The maximum Gasteiger partial charge on any atom is 0.126 e. The van der Waals surface area contributed by atoms with E-state index < -0.39 is 6.10 Å². The van der Waals surface area contributed by atoms with E-state index in [4.69, 9.17) is 9.47 Å². The molecule has 0 saturated carbocycles. The maximum atomic E-state index is 10.4. The van der Waals surface area contributed by atoms with Gasteiger partial charge in [-0.3, -0.25) is 0 Å². The van der Waals surface area contributed by atoms with E-state index >= 15 is 0 Å². The number of ether oxygens (including phenoxy) is 2. The van der Waals surface area contributed by atoms with Crippen LogP contribution in [0.25, 0.3) is 0 Å². The van der Waals surface area contributed by atoms with E-state index in [0.717, 1.165) is 29.2 Å². The summed E-state index contributed by atoms with van der Waals surface area (Å²) in [6, 6.07) is 5.67. The van der Waals surface area contributed by atoms with Crippen molar-refractivity contribution in [1.29, 1.82) is 0 Å². The Morgan fingerprint density at radius 1 is 1.50 bits per heavy atom. The number of rotatable bonds is 1. The van der Waals surface area contributed by atoms with Crippen LogP contribution in [0.3, 0.4) is 0 Å². The molecule has 0 aromatic heterocycles. The van der Waals surface area contributed by atoms with Gasteiger partial charge in [-0.25, -0.2) is 0 Å². The average Bonchev–Trinajstić information content (AvgIpc) is 2.70. The molecule has 3 rings (SSSR count).